The van der Waals surface area contributed by atoms with Gasteiger partial charge in [-0.25, -0.2) is 9.37 Å². The molecule has 166 valence electrons. The van der Waals surface area contributed by atoms with Gasteiger partial charge in [-0.1, -0.05) is 0 Å². The number of halogens is 1. The van der Waals surface area contributed by atoms with Crippen LogP contribution in [-0.2, 0) is 14.4 Å². The number of thiazole rings is 1. The summed E-state index contributed by atoms with van der Waals surface area (Å²) in [6.07, 6.45) is -0.320. The lowest BCUT2D eigenvalue weighted by atomic mass is 10.2. The molecule has 0 aliphatic rings. The molecule has 3 N–H and O–H groups in total. The number of carboxylic acid groups (broad SMARTS) is 1. The minimum atomic E-state index is -1.02. The largest absolute Gasteiger partial charge is 0.481 e. The molecule has 0 bridgehead atoms. The number of aromatic nitrogens is 1. The number of benzene rings is 2. The number of hydrogen-bond donors (Lipinski definition) is 3. The Balaban J connectivity index is 1.51. The quantitative estimate of drug-likeness (QED) is 0.383. The molecule has 0 saturated carbocycles. The van der Waals surface area contributed by atoms with E-state index in [2.05, 4.69) is 15.6 Å². The summed E-state index contributed by atoms with van der Waals surface area (Å²) in [5.74, 6) is -1.93. The molecule has 10 heteroatoms. The number of amides is 2. The molecular formula is C22H20FN3O4S2. The van der Waals surface area contributed by atoms with E-state index in [0.717, 1.165) is 10.5 Å². The molecule has 3 rings (SSSR count). The summed E-state index contributed by atoms with van der Waals surface area (Å²) in [5, 5.41) is 15.9. The summed E-state index contributed by atoms with van der Waals surface area (Å²) < 4.78 is 13.1. The first kappa shape index (κ1) is 23.4. The van der Waals surface area contributed by atoms with Crippen LogP contribution in [0.15, 0.2) is 58.8 Å². The number of nitrogens with one attached hydrogen (secondary N) is 2. The SMILES string of the molecule is CC(Sc1ccc(NC(=O)CCC(=O)O)cc1)C(=O)Nc1nc(-c2ccc(F)cc2)cs1. The van der Waals surface area contributed by atoms with E-state index in [9.17, 15) is 18.8 Å². The number of carbonyl (C=O) groups is 3. The third-order valence-electron chi connectivity index (χ3n) is 4.26. The Kier molecular flexibility index (Phi) is 7.96. The van der Waals surface area contributed by atoms with Gasteiger partial charge < -0.3 is 15.7 Å². The first-order chi connectivity index (χ1) is 15.3. The van der Waals surface area contributed by atoms with E-state index < -0.39 is 11.2 Å². The number of nitrogens with zero attached hydrogens (tertiary/aromatic N) is 1. The Labute approximate surface area is 192 Å². The van der Waals surface area contributed by atoms with Crippen LogP contribution in [-0.4, -0.2) is 33.1 Å². The predicted molar refractivity (Wildman–Crippen MR) is 123 cm³/mol. The first-order valence-electron chi connectivity index (χ1n) is 9.61. The summed E-state index contributed by atoms with van der Waals surface area (Å²) >= 11 is 2.64. The van der Waals surface area contributed by atoms with Gasteiger partial charge in [0.25, 0.3) is 0 Å². The Morgan fingerprint density at radius 3 is 2.41 bits per heavy atom. The number of rotatable bonds is 9. The fourth-order valence-electron chi connectivity index (χ4n) is 2.61. The van der Waals surface area contributed by atoms with Gasteiger partial charge in [0.15, 0.2) is 5.13 Å². The zero-order chi connectivity index (χ0) is 23.1. The second kappa shape index (κ2) is 10.9. The van der Waals surface area contributed by atoms with Crippen LogP contribution >= 0.6 is 23.1 Å². The molecule has 0 aliphatic heterocycles. The number of hydrogen-bond acceptors (Lipinski definition) is 6. The molecule has 1 atom stereocenters. The summed E-state index contributed by atoms with van der Waals surface area (Å²) in [6, 6.07) is 12.9. The Morgan fingerprint density at radius 2 is 1.75 bits per heavy atom. The molecule has 0 fully saturated rings. The number of aliphatic carboxylic acids is 1. The lowest BCUT2D eigenvalue weighted by Crippen LogP contribution is -2.22. The maximum absolute atomic E-state index is 13.1. The van der Waals surface area contributed by atoms with Crippen LogP contribution in [0, 0.1) is 5.82 Å². The first-order valence-corrected chi connectivity index (χ1v) is 11.4. The number of anilines is 2. The maximum atomic E-state index is 13.1. The molecule has 0 spiro atoms. The summed E-state index contributed by atoms with van der Waals surface area (Å²) in [5.41, 5.74) is 1.98. The smallest absolute Gasteiger partial charge is 0.303 e. The predicted octanol–water partition coefficient (Wildman–Crippen LogP) is 4.87. The molecule has 3 aromatic rings. The number of thioether (sulfide) groups is 1. The van der Waals surface area contributed by atoms with Crippen LogP contribution in [0.5, 0.6) is 0 Å². The third kappa shape index (κ3) is 6.89. The van der Waals surface area contributed by atoms with Crippen molar-refractivity contribution in [2.24, 2.45) is 0 Å². The van der Waals surface area contributed by atoms with Gasteiger partial charge >= 0.3 is 5.97 Å². The highest BCUT2D eigenvalue weighted by molar-refractivity contribution is 8.00. The van der Waals surface area contributed by atoms with Crippen LogP contribution in [0.4, 0.5) is 15.2 Å². The van der Waals surface area contributed by atoms with Crippen molar-refractivity contribution in [3.8, 4) is 11.3 Å². The van der Waals surface area contributed by atoms with E-state index >= 15 is 0 Å². The van der Waals surface area contributed by atoms with Gasteiger partial charge in [0.1, 0.15) is 5.82 Å². The van der Waals surface area contributed by atoms with E-state index in [1.54, 1.807) is 48.7 Å². The van der Waals surface area contributed by atoms with E-state index in [1.807, 2.05) is 0 Å². The van der Waals surface area contributed by atoms with Crippen molar-refractivity contribution in [3.05, 3.63) is 59.7 Å². The molecule has 2 amide bonds. The van der Waals surface area contributed by atoms with Crippen LogP contribution in [0.1, 0.15) is 19.8 Å². The normalized spacial score (nSPS) is 11.6. The molecule has 1 unspecified atom stereocenters. The van der Waals surface area contributed by atoms with Crippen LogP contribution in [0.2, 0.25) is 0 Å². The van der Waals surface area contributed by atoms with Gasteiger partial charge in [0.05, 0.1) is 17.4 Å². The second-order valence-corrected chi connectivity index (χ2v) is 9.03. The molecular weight excluding hydrogens is 453 g/mol. The molecule has 2 aromatic carbocycles. The fourth-order valence-corrected chi connectivity index (χ4v) is 4.20. The van der Waals surface area contributed by atoms with Gasteiger partial charge in [0, 0.05) is 27.9 Å². The lowest BCUT2D eigenvalue weighted by molar-refractivity contribution is -0.138. The minimum Gasteiger partial charge on any atom is -0.481 e. The van der Waals surface area contributed by atoms with Crippen molar-refractivity contribution in [3.63, 3.8) is 0 Å². The maximum Gasteiger partial charge on any atom is 0.303 e. The van der Waals surface area contributed by atoms with E-state index in [4.69, 9.17) is 5.11 Å². The van der Waals surface area contributed by atoms with Crippen molar-refractivity contribution >= 4 is 51.7 Å². The van der Waals surface area contributed by atoms with E-state index in [1.165, 1.54) is 35.2 Å². The molecule has 1 heterocycles. The van der Waals surface area contributed by atoms with Crippen LogP contribution in [0.25, 0.3) is 11.3 Å². The van der Waals surface area contributed by atoms with Crippen molar-refractivity contribution in [2.75, 3.05) is 10.6 Å². The van der Waals surface area contributed by atoms with Gasteiger partial charge in [-0.05, 0) is 55.5 Å². The number of carbonyl (C=O) groups excluding carboxylic acids is 2. The van der Waals surface area contributed by atoms with Gasteiger partial charge in [-0.2, -0.15) is 0 Å². The van der Waals surface area contributed by atoms with Crippen molar-refractivity contribution in [2.45, 2.75) is 29.9 Å². The summed E-state index contributed by atoms with van der Waals surface area (Å²) in [7, 11) is 0. The van der Waals surface area contributed by atoms with Gasteiger partial charge in [0.2, 0.25) is 11.8 Å². The highest BCUT2D eigenvalue weighted by atomic mass is 32.2. The fraction of sp³-hybridized carbons (Fsp3) is 0.182. The average molecular weight is 474 g/mol. The Morgan fingerprint density at radius 1 is 1.06 bits per heavy atom. The molecule has 7 nitrogen and oxygen atoms in total. The average Bonchev–Trinajstić information content (AvgIpc) is 3.22. The monoisotopic (exact) mass is 473 g/mol. The lowest BCUT2D eigenvalue weighted by Gasteiger charge is -2.11. The molecule has 0 aliphatic carbocycles. The summed E-state index contributed by atoms with van der Waals surface area (Å²) in [4.78, 5) is 40.0. The van der Waals surface area contributed by atoms with E-state index in [0.29, 0.717) is 16.5 Å². The highest BCUT2D eigenvalue weighted by Crippen LogP contribution is 2.28. The zero-order valence-corrected chi connectivity index (χ0v) is 18.6. The number of carboxylic acids is 1. The van der Waals surface area contributed by atoms with Crippen LogP contribution in [0.3, 0.4) is 0 Å². The van der Waals surface area contributed by atoms with Crippen LogP contribution < -0.4 is 10.6 Å². The third-order valence-corrected chi connectivity index (χ3v) is 6.13. The molecule has 0 saturated heterocycles. The summed E-state index contributed by atoms with van der Waals surface area (Å²) in [6.45, 7) is 1.77. The topological polar surface area (TPSA) is 108 Å². The highest BCUT2D eigenvalue weighted by Gasteiger charge is 2.17. The minimum absolute atomic E-state index is 0.0946. The van der Waals surface area contributed by atoms with E-state index in [-0.39, 0.29) is 30.5 Å². The van der Waals surface area contributed by atoms with Gasteiger partial charge in [-0.3, -0.25) is 14.4 Å². The van der Waals surface area contributed by atoms with Crippen molar-refractivity contribution in [1.82, 2.24) is 4.98 Å². The molecule has 1 aromatic heterocycles. The van der Waals surface area contributed by atoms with Gasteiger partial charge in [-0.15, -0.1) is 23.1 Å². The zero-order valence-electron chi connectivity index (χ0n) is 17.0. The Hall–Kier alpha value is -3.24. The molecule has 0 radical (unpaired) electrons. The van der Waals surface area contributed by atoms with Crippen molar-refractivity contribution < 1.29 is 23.9 Å². The molecule has 32 heavy (non-hydrogen) atoms. The van der Waals surface area contributed by atoms with Crippen molar-refractivity contribution in [1.29, 1.82) is 0 Å². The Bertz CT molecular complexity index is 1100. The second-order valence-electron chi connectivity index (χ2n) is 6.76. The standard InChI is InChI=1S/C22H20FN3O4S2/c1-13(32-17-8-6-16(7-9-17)24-19(27)10-11-20(28)29)21(30)26-22-25-18(12-31-22)14-2-4-15(23)5-3-14/h2-9,12-13H,10-11H2,1H3,(H,24,27)(H,28,29)(H,25,26,30).